The number of nitrogens with one attached hydrogen (secondary N) is 1. The largest absolute Gasteiger partial charge is 0.348 e. The fourth-order valence-electron chi connectivity index (χ4n) is 1.03. The Kier molecular flexibility index (Phi) is 5.92. The molecule has 0 unspecified atom stereocenters. The fraction of sp³-hybridized carbons (Fsp3) is 0.800. The highest BCUT2D eigenvalue weighted by molar-refractivity contribution is 6.34. The summed E-state index contributed by atoms with van der Waals surface area (Å²) in [6.45, 7) is 9.39. The van der Waals surface area contributed by atoms with Crippen molar-refractivity contribution in [3.8, 4) is 0 Å². The quantitative estimate of drug-likeness (QED) is 0.677. The summed E-state index contributed by atoms with van der Waals surface area (Å²) < 4.78 is 0. The molecule has 0 saturated heterocycles. The highest BCUT2D eigenvalue weighted by Crippen LogP contribution is 1.91. The maximum atomic E-state index is 11.4. The van der Waals surface area contributed by atoms with Crippen molar-refractivity contribution in [1.29, 1.82) is 0 Å². The van der Waals surface area contributed by atoms with Gasteiger partial charge in [-0.2, -0.15) is 0 Å². The lowest BCUT2D eigenvalue weighted by atomic mass is 10.2. The summed E-state index contributed by atoms with van der Waals surface area (Å²) in [7, 11) is 0. The third-order valence-corrected chi connectivity index (χ3v) is 1.92. The van der Waals surface area contributed by atoms with Gasteiger partial charge in [-0.05, 0) is 19.8 Å². The predicted molar refractivity (Wildman–Crippen MR) is 55.8 cm³/mol. The molecule has 0 aliphatic carbocycles. The first-order chi connectivity index (χ1) is 6.52. The molecule has 0 heterocycles. The summed E-state index contributed by atoms with van der Waals surface area (Å²) in [5, 5.41) is 2.60. The van der Waals surface area contributed by atoms with E-state index in [9.17, 15) is 9.59 Å². The average molecular weight is 200 g/mol. The van der Waals surface area contributed by atoms with Crippen molar-refractivity contribution in [3.63, 3.8) is 0 Å². The highest BCUT2D eigenvalue weighted by atomic mass is 16.2. The molecule has 0 fully saturated rings. The van der Waals surface area contributed by atoms with Crippen molar-refractivity contribution >= 4 is 11.8 Å². The predicted octanol–water partition coefficient (Wildman–Crippen LogP) is 0.627. The number of hydrogen-bond acceptors (Lipinski definition) is 2. The second kappa shape index (κ2) is 6.40. The van der Waals surface area contributed by atoms with Gasteiger partial charge in [0.15, 0.2) is 0 Å². The summed E-state index contributed by atoms with van der Waals surface area (Å²) in [5.74, 6) is -0.568. The minimum atomic E-state index is -0.498. The van der Waals surface area contributed by atoms with Gasteiger partial charge in [-0.3, -0.25) is 9.59 Å². The van der Waals surface area contributed by atoms with Gasteiger partial charge in [-0.15, -0.1) is 0 Å². The van der Waals surface area contributed by atoms with Crippen LogP contribution in [0.5, 0.6) is 0 Å². The van der Waals surface area contributed by atoms with Crippen molar-refractivity contribution < 1.29 is 9.59 Å². The summed E-state index contributed by atoms with van der Waals surface area (Å²) in [4.78, 5) is 24.2. The molecule has 0 aliphatic rings. The van der Waals surface area contributed by atoms with Gasteiger partial charge in [0, 0.05) is 19.6 Å². The molecule has 14 heavy (non-hydrogen) atoms. The van der Waals surface area contributed by atoms with Gasteiger partial charge in [-0.1, -0.05) is 13.8 Å². The van der Waals surface area contributed by atoms with Crippen molar-refractivity contribution in [2.24, 2.45) is 5.92 Å². The van der Waals surface area contributed by atoms with E-state index in [0.29, 0.717) is 25.6 Å². The van der Waals surface area contributed by atoms with Crippen LogP contribution in [0.1, 0.15) is 27.7 Å². The number of carbonyl (C=O) groups is 2. The number of hydrogen-bond donors (Lipinski definition) is 1. The smallest absolute Gasteiger partial charge is 0.311 e. The Morgan fingerprint density at radius 3 is 2.07 bits per heavy atom. The van der Waals surface area contributed by atoms with Crippen molar-refractivity contribution in [2.75, 3.05) is 19.6 Å². The minimum Gasteiger partial charge on any atom is -0.348 e. The maximum absolute atomic E-state index is 11.4. The Morgan fingerprint density at radius 1 is 1.21 bits per heavy atom. The number of nitrogens with zero attached hydrogens (tertiary/aromatic N) is 1. The zero-order chi connectivity index (χ0) is 11.1. The van der Waals surface area contributed by atoms with Crippen molar-refractivity contribution in [1.82, 2.24) is 10.2 Å². The maximum Gasteiger partial charge on any atom is 0.311 e. The molecular weight excluding hydrogens is 180 g/mol. The topological polar surface area (TPSA) is 49.4 Å². The van der Waals surface area contributed by atoms with Crippen LogP contribution in [-0.2, 0) is 9.59 Å². The average Bonchev–Trinajstić information content (AvgIpc) is 2.15. The number of likely N-dealkylation sites (N-methyl/N-ethyl adjacent to an activating group) is 1. The van der Waals surface area contributed by atoms with Crippen molar-refractivity contribution in [3.05, 3.63) is 0 Å². The van der Waals surface area contributed by atoms with Crippen LogP contribution in [0.3, 0.4) is 0 Å². The minimum absolute atomic E-state index is 0.364. The first kappa shape index (κ1) is 12.9. The molecule has 0 bridgehead atoms. The molecule has 0 aliphatic heterocycles. The lowest BCUT2D eigenvalue weighted by molar-refractivity contribution is -0.145. The van der Waals surface area contributed by atoms with E-state index in [1.807, 2.05) is 27.7 Å². The van der Waals surface area contributed by atoms with E-state index in [-0.39, 0.29) is 0 Å². The third-order valence-electron chi connectivity index (χ3n) is 1.92. The van der Waals surface area contributed by atoms with Gasteiger partial charge in [0.05, 0.1) is 0 Å². The molecule has 0 rings (SSSR count). The van der Waals surface area contributed by atoms with Gasteiger partial charge < -0.3 is 10.2 Å². The molecule has 0 aromatic carbocycles. The molecule has 0 aromatic heterocycles. The zero-order valence-electron chi connectivity index (χ0n) is 9.46. The van der Waals surface area contributed by atoms with Crippen LogP contribution < -0.4 is 5.32 Å². The summed E-state index contributed by atoms with van der Waals surface area (Å²) in [6, 6.07) is 0. The van der Waals surface area contributed by atoms with Gasteiger partial charge in [-0.25, -0.2) is 0 Å². The molecule has 4 heteroatoms. The Hall–Kier alpha value is -1.06. The normalized spacial score (nSPS) is 10.1. The van der Waals surface area contributed by atoms with Gasteiger partial charge in [0.25, 0.3) is 0 Å². The third kappa shape index (κ3) is 4.25. The monoisotopic (exact) mass is 200 g/mol. The van der Waals surface area contributed by atoms with Gasteiger partial charge in [0.1, 0.15) is 0 Å². The second-order valence-electron chi connectivity index (χ2n) is 3.58. The van der Waals surface area contributed by atoms with Crippen LogP contribution in [-0.4, -0.2) is 36.3 Å². The first-order valence-electron chi connectivity index (χ1n) is 5.10. The molecule has 0 spiro atoms. The molecule has 0 saturated carbocycles. The van der Waals surface area contributed by atoms with E-state index in [4.69, 9.17) is 0 Å². The molecular formula is C10H20N2O2. The summed E-state index contributed by atoms with van der Waals surface area (Å²) in [6.07, 6.45) is 0. The van der Waals surface area contributed by atoms with E-state index in [2.05, 4.69) is 5.32 Å². The molecule has 0 aromatic rings. The first-order valence-corrected chi connectivity index (χ1v) is 5.10. The van der Waals surface area contributed by atoms with E-state index in [0.717, 1.165) is 0 Å². The van der Waals surface area contributed by atoms with Crippen LogP contribution in [0, 0.1) is 5.92 Å². The van der Waals surface area contributed by atoms with E-state index in [1.54, 1.807) is 0 Å². The van der Waals surface area contributed by atoms with Crippen LogP contribution in [0.25, 0.3) is 0 Å². The zero-order valence-corrected chi connectivity index (χ0v) is 9.46. The Morgan fingerprint density at radius 2 is 1.71 bits per heavy atom. The Bertz CT molecular complexity index is 198. The molecule has 4 nitrogen and oxygen atoms in total. The van der Waals surface area contributed by atoms with Crippen LogP contribution >= 0.6 is 0 Å². The van der Waals surface area contributed by atoms with E-state index < -0.39 is 11.8 Å². The summed E-state index contributed by atoms with van der Waals surface area (Å²) in [5.41, 5.74) is 0. The molecule has 82 valence electrons. The van der Waals surface area contributed by atoms with Crippen LogP contribution in [0.2, 0.25) is 0 Å². The molecule has 1 N–H and O–H groups in total. The SMILES string of the molecule is CCN(CC)C(=O)C(=O)NCC(C)C. The fourth-order valence-corrected chi connectivity index (χ4v) is 1.03. The number of amides is 2. The van der Waals surface area contributed by atoms with Crippen LogP contribution in [0.15, 0.2) is 0 Å². The lowest BCUT2D eigenvalue weighted by Crippen LogP contribution is -2.43. The summed E-state index contributed by atoms with van der Waals surface area (Å²) >= 11 is 0. The van der Waals surface area contributed by atoms with Crippen molar-refractivity contribution in [2.45, 2.75) is 27.7 Å². The Labute approximate surface area is 85.7 Å². The standard InChI is InChI=1S/C10H20N2O2/c1-5-12(6-2)10(14)9(13)11-7-8(3)4/h8H,5-7H2,1-4H3,(H,11,13). The highest BCUT2D eigenvalue weighted by Gasteiger charge is 2.18. The number of rotatable bonds is 4. The van der Waals surface area contributed by atoms with Gasteiger partial charge in [0.2, 0.25) is 0 Å². The van der Waals surface area contributed by atoms with E-state index >= 15 is 0 Å². The molecule has 0 radical (unpaired) electrons. The molecule has 2 amide bonds. The van der Waals surface area contributed by atoms with E-state index in [1.165, 1.54) is 4.90 Å². The Balaban J connectivity index is 4.04. The number of carbonyl (C=O) groups excluding carboxylic acids is 2. The van der Waals surface area contributed by atoms with Crippen LogP contribution in [0.4, 0.5) is 0 Å². The lowest BCUT2D eigenvalue weighted by Gasteiger charge is -2.18. The molecule has 0 atom stereocenters. The van der Waals surface area contributed by atoms with Gasteiger partial charge >= 0.3 is 11.8 Å². The second-order valence-corrected chi connectivity index (χ2v) is 3.58.